The summed E-state index contributed by atoms with van der Waals surface area (Å²) in [5, 5.41) is 8.47. The third-order valence-electron chi connectivity index (χ3n) is 2.10. The first-order valence-electron chi connectivity index (χ1n) is 5.20. The van der Waals surface area contributed by atoms with Crippen molar-refractivity contribution in [3.8, 4) is 0 Å². The smallest absolute Gasteiger partial charge is 0.328 e. The second kappa shape index (κ2) is 6.11. The molecule has 16 heavy (non-hydrogen) atoms. The minimum atomic E-state index is -0.934. The fraction of sp³-hybridized carbons (Fsp3) is 0.357. The predicted octanol–water partition coefficient (Wildman–Crippen LogP) is 3.73. The molecule has 2 heteroatoms. The number of carboxylic acid groups (broad SMARTS) is 1. The molecule has 0 unspecified atom stereocenters. The van der Waals surface area contributed by atoms with Gasteiger partial charge in [-0.05, 0) is 17.9 Å². The molecule has 0 aliphatic heterocycles. The van der Waals surface area contributed by atoms with Gasteiger partial charge in [-0.3, -0.25) is 0 Å². The maximum absolute atomic E-state index is 10.3. The lowest BCUT2D eigenvalue weighted by Gasteiger charge is -2.19. The van der Waals surface area contributed by atoms with Gasteiger partial charge in [-0.15, -0.1) is 0 Å². The van der Waals surface area contributed by atoms with Crippen molar-refractivity contribution in [2.75, 3.05) is 0 Å². The van der Waals surface area contributed by atoms with E-state index in [1.165, 1.54) is 0 Å². The second-order valence-electron chi connectivity index (χ2n) is 4.66. The Labute approximate surface area is 97.7 Å². The van der Waals surface area contributed by atoms with Crippen molar-refractivity contribution in [2.24, 2.45) is 5.41 Å². The Morgan fingerprint density at radius 1 is 1.19 bits per heavy atom. The van der Waals surface area contributed by atoms with Gasteiger partial charge in [0.1, 0.15) is 0 Å². The zero-order chi connectivity index (χ0) is 12.8. The summed E-state index contributed by atoms with van der Waals surface area (Å²) in [6.45, 7) is 12.0. The molecule has 0 saturated carbocycles. The molecule has 0 bridgehead atoms. The normalized spacial score (nSPS) is 14.2. The van der Waals surface area contributed by atoms with Crippen LogP contribution in [0.3, 0.4) is 0 Å². The average molecular weight is 220 g/mol. The summed E-state index contributed by atoms with van der Waals surface area (Å²) in [5.41, 5.74) is 2.07. The van der Waals surface area contributed by atoms with Crippen LogP contribution in [0.5, 0.6) is 0 Å². The van der Waals surface area contributed by atoms with E-state index >= 15 is 0 Å². The molecule has 0 aromatic rings. The Balaban J connectivity index is 4.84. The van der Waals surface area contributed by atoms with Crippen LogP contribution in [-0.2, 0) is 4.79 Å². The van der Waals surface area contributed by atoms with Crippen LogP contribution in [-0.4, -0.2) is 11.1 Å². The van der Waals surface area contributed by atoms with Crippen molar-refractivity contribution in [1.82, 2.24) is 0 Å². The number of hydrogen-bond donors (Lipinski definition) is 1. The predicted molar refractivity (Wildman–Crippen MR) is 68.3 cm³/mol. The van der Waals surface area contributed by atoms with Crippen molar-refractivity contribution in [2.45, 2.75) is 27.7 Å². The van der Waals surface area contributed by atoms with E-state index in [-0.39, 0.29) is 5.41 Å². The number of carboxylic acids is 1. The first-order valence-corrected chi connectivity index (χ1v) is 5.20. The highest BCUT2D eigenvalue weighted by atomic mass is 16.4. The molecule has 1 N–H and O–H groups in total. The molecule has 2 nitrogen and oxygen atoms in total. The van der Waals surface area contributed by atoms with Crippen LogP contribution in [0.25, 0.3) is 0 Å². The number of hydrogen-bond acceptors (Lipinski definition) is 1. The van der Waals surface area contributed by atoms with E-state index in [2.05, 4.69) is 27.4 Å². The molecule has 0 aliphatic carbocycles. The second-order valence-corrected chi connectivity index (χ2v) is 4.66. The number of carbonyl (C=O) groups is 1. The molecule has 0 fully saturated rings. The van der Waals surface area contributed by atoms with Crippen LogP contribution in [0.2, 0.25) is 0 Å². The average Bonchev–Trinajstić information content (AvgIpc) is 2.13. The largest absolute Gasteiger partial charge is 0.478 e. The van der Waals surface area contributed by atoms with Crippen molar-refractivity contribution in [3.63, 3.8) is 0 Å². The Hall–Kier alpha value is -1.57. The van der Waals surface area contributed by atoms with Crippen LogP contribution in [0.4, 0.5) is 0 Å². The molecule has 0 aliphatic rings. The Kier molecular flexibility index (Phi) is 5.51. The lowest BCUT2D eigenvalue weighted by molar-refractivity contribution is -0.131. The van der Waals surface area contributed by atoms with Gasteiger partial charge in [0.05, 0.1) is 0 Å². The van der Waals surface area contributed by atoms with E-state index in [0.29, 0.717) is 0 Å². The Morgan fingerprint density at radius 2 is 1.75 bits per heavy atom. The number of rotatable bonds is 4. The van der Waals surface area contributed by atoms with Crippen LogP contribution >= 0.6 is 0 Å². The highest BCUT2D eigenvalue weighted by Crippen LogP contribution is 2.25. The quantitative estimate of drug-likeness (QED) is 0.579. The van der Waals surface area contributed by atoms with Crippen LogP contribution in [0, 0.1) is 5.41 Å². The molecule has 0 aromatic heterocycles. The first-order chi connectivity index (χ1) is 7.27. The van der Waals surface area contributed by atoms with Crippen LogP contribution in [0.1, 0.15) is 27.7 Å². The monoisotopic (exact) mass is 220 g/mol. The van der Waals surface area contributed by atoms with Gasteiger partial charge in [-0.2, -0.15) is 0 Å². The fourth-order valence-electron chi connectivity index (χ4n) is 1.10. The van der Waals surface area contributed by atoms with Crippen LogP contribution < -0.4 is 0 Å². The summed E-state index contributed by atoms with van der Waals surface area (Å²) in [4.78, 5) is 10.3. The minimum Gasteiger partial charge on any atom is -0.478 e. The van der Waals surface area contributed by atoms with Crippen molar-refractivity contribution >= 4 is 5.97 Å². The van der Waals surface area contributed by atoms with Gasteiger partial charge in [0, 0.05) is 6.08 Å². The molecule has 0 saturated heterocycles. The van der Waals surface area contributed by atoms with Gasteiger partial charge in [0.25, 0.3) is 0 Å². The molecule has 0 aromatic carbocycles. The molecule has 88 valence electrons. The molecule has 0 heterocycles. The highest BCUT2D eigenvalue weighted by molar-refractivity contribution is 5.80. The number of aliphatic carboxylic acids is 1. The lowest BCUT2D eigenvalue weighted by atomic mass is 9.86. The van der Waals surface area contributed by atoms with Crippen molar-refractivity contribution in [3.05, 3.63) is 48.1 Å². The molecular weight excluding hydrogens is 200 g/mol. The number of allylic oxidation sites excluding steroid dienone is 6. The summed E-state index contributed by atoms with van der Waals surface area (Å²) in [6.07, 6.45) is 8.38. The Morgan fingerprint density at radius 3 is 2.12 bits per heavy atom. The summed E-state index contributed by atoms with van der Waals surface area (Å²) in [5.74, 6) is -0.934. The maximum Gasteiger partial charge on any atom is 0.328 e. The summed E-state index contributed by atoms with van der Waals surface area (Å²) < 4.78 is 0. The summed E-state index contributed by atoms with van der Waals surface area (Å²) in [7, 11) is 0. The molecule has 0 rings (SSSR count). The Bertz CT molecular complexity index is 349. The van der Waals surface area contributed by atoms with Gasteiger partial charge in [-0.1, -0.05) is 57.2 Å². The zero-order valence-electron chi connectivity index (χ0n) is 10.4. The standard InChI is InChI=1S/C14H20O2/c1-6-12(14(3,4)5)9-7-11(2)8-10-13(15)16/h6-10H,1H2,2-5H3,(H,15,16)/b10-8+,11-7+,12-9+. The summed E-state index contributed by atoms with van der Waals surface area (Å²) in [6, 6.07) is 0. The molecule has 0 spiro atoms. The molecule has 0 amide bonds. The van der Waals surface area contributed by atoms with Crippen LogP contribution in [0.15, 0.2) is 48.1 Å². The molecular formula is C14H20O2. The van der Waals surface area contributed by atoms with Crippen molar-refractivity contribution < 1.29 is 9.90 Å². The maximum atomic E-state index is 10.3. The summed E-state index contributed by atoms with van der Waals surface area (Å²) >= 11 is 0. The molecule has 0 atom stereocenters. The SMILES string of the molecule is C=C\C(=C/C=C(C)/C=C/C(=O)O)C(C)(C)C. The highest BCUT2D eigenvalue weighted by Gasteiger charge is 2.12. The van der Waals surface area contributed by atoms with E-state index in [9.17, 15) is 4.79 Å². The van der Waals surface area contributed by atoms with E-state index in [0.717, 1.165) is 17.2 Å². The lowest BCUT2D eigenvalue weighted by Crippen LogP contribution is -2.06. The zero-order valence-corrected chi connectivity index (χ0v) is 10.4. The third kappa shape index (κ3) is 6.02. The van der Waals surface area contributed by atoms with Gasteiger partial charge < -0.3 is 5.11 Å². The van der Waals surface area contributed by atoms with Gasteiger partial charge in [0.15, 0.2) is 0 Å². The van der Waals surface area contributed by atoms with E-state index in [4.69, 9.17) is 5.11 Å². The first kappa shape index (κ1) is 14.4. The van der Waals surface area contributed by atoms with Gasteiger partial charge >= 0.3 is 5.97 Å². The van der Waals surface area contributed by atoms with Gasteiger partial charge in [-0.25, -0.2) is 4.79 Å². The third-order valence-corrected chi connectivity index (χ3v) is 2.10. The topological polar surface area (TPSA) is 37.3 Å². The fourth-order valence-corrected chi connectivity index (χ4v) is 1.10. The molecule has 0 radical (unpaired) electrons. The van der Waals surface area contributed by atoms with E-state index in [1.54, 1.807) is 6.08 Å². The van der Waals surface area contributed by atoms with Crippen molar-refractivity contribution in [1.29, 1.82) is 0 Å². The van der Waals surface area contributed by atoms with Gasteiger partial charge in [0.2, 0.25) is 0 Å². The van der Waals surface area contributed by atoms with E-state index < -0.39 is 5.97 Å². The minimum absolute atomic E-state index is 0.0506. The van der Waals surface area contributed by atoms with E-state index in [1.807, 2.05) is 25.2 Å².